The van der Waals surface area contributed by atoms with Gasteiger partial charge in [0.25, 0.3) is 0 Å². The van der Waals surface area contributed by atoms with E-state index in [1.54, 1.807) is 0 Å². The van der Waals surface area contributed by atoms with Gasteiger partial charge in [-0.05, 0) is 94.7 Å². The van der Waals surface area contributed by atoms with Crippen molar-refractivity contribution in [1.29, 1.82) is 0 Å². The predicted molar refractivity (Wildman–Crippen MR) is 231 cm³/mol. The van der Waals surface area contributed by atoms with Gasteiger partial charge in [0.1, 0.15) is 0 Å². The Labute approximate surface area is 320 Å². The van der Waals surface area contributed by atoms with E-state index in [4.69, 9.17) is 9.97 Å². The van der Waals surface area contributed by atoms with Crippen molar-refractivity contribution in [2.24, 2.45) is 0 Å². The lowest BCUT2D eigenvalue weighted by molar-refractivity contribution is 0.661. The summed E-state index contributed by atoms with van der Waals surface area (Å²) in [6.07, 6.45) is 0. The van der Waals surface area contributed by atoms with E-state index in [0.29, 0.717) is 5.82 Å². The van der Waals surface area contributed by atoms with Crippen LogP contribution in [0.1, 0.15) is 25.0 Å². The van der Waals surface area contributed by atoms with Crippen molar-refractivity contribution in [3.63, 3.8) is 0 Å². The van der Waals surface area contributed by atoms with E-state index in [9.17, 15) is 0 Å². The first kappa shape index (κ1) is 31.6. The second kappa shape index (κ2) is 12.1. The highest BCUT2D eigenvalue weighted by Crippen LogP contribution is 2.52. The Balaban J connectivity index is 1.10. The lowest BCUT2D eigenvalue weighted by Gasteiger charge is -2.22. The molecule has 1 aliphatic carbocycles. The molecule has 258 valence electrons. The number of fused-ring (bicyclic) bond motifs is 9. The first-order valence-corrected chi connectivity index (χ1v) is 19.1. The van der Waals surface area contributed by atoms with Gasteiger partial charge in [0, 0.05) is 22.1 Å². The second-order valence-corrected chi connectivity index (χ2v) is 15.3. The molecule has 0 amide bonds. The van der Waals surface area contributed by atoms with Crippen molar-refractivity contribution in [3.05, 3.63) is 193 Å². The molecule has 0 spiro atoms. The van der Waals surface area contributed by atoms with Crippen molar-refractivity contribution in [3.8, 4) is 56.2 Å². The van der Waals surface area contributed by atoms with Gasteiger partial charge < -0.3 is 0 Å². The first-order valence-electron chi connectivity index (χ1n) is 19.1. The molecule has 0 bridgehead atoms. The van der Waals surface area contributed by atoms with Gasteiger partial charge in [-0.3, -0.25) is 0 Å². The zero-order valence-electron chi connectivity index (χ0n) is 30.7. The van der Waals surface area contributed by atoms with Gasteiger partial charge in [-0.1, -0.05) is 178 Å². The molecular formula is C53H36N2. The van der Waals surface area contributed by atoms with Gasteiger partial charge in [-0.25, -0.2) is 9.97 Å². The van der Waals surface area contributed by atoms with Gasteiger partial charge in [0.05, 0.1) is 11.4 Å². The summed E-state index contributed by atoms with van der Waals surface area (Å²) in [5, 5.41) is 9.82. The lowest BCUT2D eigenvalue weighted by Crippen LogP contribution is -2.15. The minimum absolute atomic E-state index is 0.113. The summed E-state index contributed by atoms with van der Waals surface area (Å²) >= 11 is 0. The van der Waals surface area contributed by atoms with Crippen molar-refractivity contribution in [2.45, 2.75) is 19.3 Å². The van der Waals surface area contributed by atoms with E-state index in [0.717, 1.165) is 28.1 Å². The molecule has 11 rings (SSSR count). The maximum Gasteiger partial charge on any atom is 0.160 e. The van der Waals surface area contributed by atoms with Gasteiger partial charge in [-0.2, -0.15) is 0 Å². The fourth-order valence-corrected chi connectivity index (χ4v) is 9.15. The molecule has 0 aliphatic heterocycles. The standard InChI is InChI=1S/C53H36N2/c1-53(2)47-29-25-33-14-6-9-19-39(33)51(47)45-26-24-36(31-48(45)53)38-27-28-44(42-22-12-10-21-41(38)42)49-32-50(55-52(54-49)34-15-4-3-5-16-34)46-30-35-17-7-8-18-37(35)40-20-11-13-23-43(40)46/h3-32H,1-2H3. The fourth-order valence-electron chi connectivity index (χ4n) is 9.15. The Morgan fingerprint density at radius 1 is 0.345 bits per heavy atom. The Morgan fingerprint density at radius 3 is 1.67 bits per heavy atom. The zero-order valence-corrected chi connectivity index (χ0v) is 30.7. The highest BCUT2D eigenvalue weighted by Gasteiger charge is 2.36. The summed E-state index contributed by atoms with van der Waals surface area (Å²) in [7, 11) is 0. The molecule has 0 atom stereocenters. The van der Waals surface area contributed by atoms with Gasteiger partial charge >= 0.3 is 0 Å². The van der Waals surface area contributed by atoms with Crippen molar-refractivity contribution in [1.82, 2.24) is 9.97 Å². The zero-order chi connectivity index (χ0) is 36.7. The molecule has 2 nitrogen and oxygen atoms in total. The van der Waals surface area contributed by atoms with E-state index in [1.165, 1.54) is 76.5 Å². The molecular weight excluding hydrogens is 665 g/mol. The van der Waals surface area contributed by atoms with E-state index >= 15 is 0 Å². The van der Waals surface area contributed by atoms with E-state index in [1.807, 2.05) is 6.07 Å². The smallest absolute Gasteiger partial charge is 0.160 e. The number of rotatable bonds is 4. The van der Waals surface area contributed by atoms with Crippen LogP contribution < -0.4 is 0 Å². The molecule has 0 saturated carbocycles. The SMILES string of the molecule is CC1(C)c2cc(-c3ccc(-c4cc(-c5cc6ccccc6c6ccccc56)nc(-c5ccccc5)n4)c4ccccc34)ccc2-c2c1ccc1ccccc21. The molecule has 0 unspecified atom stereocenters. The molecule has 1 aliphatic rings. The fraction of sp³-hybridized carbons (Fsp3) is 0.0566. The van der Waals surface area contributed by atoms with Crippen molar-refractivity contribution >= 4 is 43.1 Å². The van der Waals surface area contributed by atoms with Crippen LogP contribution in [0.3, 0.4) is 0 Å². The molecule has 1 aromatic heterocycles. The number of nitrogens with zero attached hydrogens (tertiary/aromatic N) is 2. The van der Waals surface area contributed by atoms with E-state index in [2.05, 4.69) is 190 Å². The summed E-state index contributed by atoms with van der Waals surface area (Å²) < 4.78 is 0. The molecule has 55 heavy (non-hydrogen) atoms. The summed E-state index contributed by atoms with van der Waals surface area (Å²) in [6.45, 7) is 4.74. The number of aromatic nitrogens is 2. The van der Waals surface area contributed by atoms with Crippen LogP contribution in [0.15, 0.2) is 182 Å². The molecule has 0 fully saturated rings. The molecule has 2 heteroatoms. The third-order valence-corrected chi connectivity index (χ3v) is 11.9. The maximum atomic E-state index is 5.30. The van der Waals surface area contributed by atoms with Crippen LogP contribution in [0.4, 0.5) is 0 Å². The third kappa shape index (κ3) is 4.88. The quantitative estimate of drug-likeness (QED) is 0.171. The topological polar surface area (TPSA) is 25.8 Å². The van der Waals surface area contributed by atoms with Crippen LogP contribution in [0.5, 0.6) is 0 Å². The van der Waals surface area contributed by atoms with Gasteiger partial charge in [-0.15, -0.1) is 0 Å². The monoisotopic (exact) mass is 700 g/mol. The van der Waals surface area contributed by atoms with E-state index < -0.39 is 0 Å². The van der Waals surface area contributed by atoms with Crippen molar-refractivity contribution < 1.29 is 0 Å². The molecule has 0 radical (unpaired) electrons. The average molecular weight is 701 g/mol. The summed E-state index contributed by atoms with van der Waals surface area (Å²) in [4.78, 5) is 10.6. The largest absolute Gasteiger partial charge is 0.228 e. The number of hydrogen-bond acceptors (Lipinski definition) is 2. The van der Waals surface area contributed by atoms with Crippen LogP contribution in [0, 0.1) is 0 Å². The van der Waals surface area contributed by atoms with Crippen molar-refractivity contribution in [2.75, 3.05) is 0 Å². The van der Waals surface area contributed by atoms with Crippen LogP contribution >= 0.6 is 0 Å². The highest BCUT2D eigenvalue weighted by atomic mass is 14.9. The summed E-state index contributed by atoms with van der Waals surface area (Å²) in [5.41, 5.74) is 12.8. The first-order chi connectivity index (χ1) is 27.0. The van der Waals surface area contributed by atoms with Crippen LogP contribution in [-0.2, 0) is 5.41 Å². The summed E-state index contributed by atoms with van der Waals surface area (Å²) in [6, 6.07) is 65.9. The molecule has 0 saturated heterocycles. The number of hydrogen-bond donors (Lipinski definition) is 0. The minimum Gasteiger partial charge on any atom is -0.228 e. The maximum absolute atomic E-state index is 5.30. The minimum atomic E-state index is -0.113. The molecule has 10 aromatic rings. The third-order valence-electron chi connectivity index (χ3n) is 11.9. The normalized spacial score (nSPS) is 13.1. The van der Waals surface area contributed by atoms with Gasteiger partial charge in [0.15, 0.2) is 5.82 Å². The Bertz CT molecular complexity index is 3170. The average Bonchev–Trinajstić information content (AvgIpc) is 3.48. The van der Waals surface area contributed by atoms with Crippen LogP contribution in [0.25, 0.3) is 99.2 Å². The van der Waals surface area contributed by atoms with Crippen LogP contribution in [-0.4, -0.2) is 9.97 Å². The molecule has 9 aromatic carbocycles. The Kier molecular flexibility index (Phi) is 6.93. The lowest BCUT2D eigenvalue weighted by atomic mass is 9.81. The Hall–Kier alpha value is -6.90. The second-order valence-electron chi connectivity index (χ2n) is 15.3. The number of benzene rings is 9. The predicted octanol–water partition coefficient (Wildman–Crippen LogP) is 14.1. The van der Waals surface area contributed by atoms with Gasteiger partial charge in [0.2, 0.25) is 0 Å². The van der Waals surface area contributed by atoms with E-state index in [-0.39, 0.29) is 5.41 Å². The Morgan fingerprint density at radius 2 is 0.909 bits per heavy atom. The van der Waals surface area contributed by atoms with Crippen LogP contribution in [0.2, 0.25) is 0 Å². The summed E-state index contributed by atoms with van der Waals surface area (Å²) in [5.74, 6) is 0.714. The molecule has 0 N–H and O–H groups in total. The highest BCUT2D eigenvalue weighted by molar-refractivity contribution is 6.14. The molecule has 1 heterocycles.